The smallest absolute Gasteiger partial charge is 0.193 e. The number of rotatable bonds is 7. The van der Waals surface area contributed by atoms with Crippen LogP contribution in [-0.2, 0) is 9.84 Å². The van der Waals surface area contributed by atoms with E-state index in [1.165, 1.54) is 31.9 Å². The molecule has 27 heavy (non-hydrogen) atoms. The Morgan fingerprint density at radius 2 is 1.85 bits per heavy atom. The minimum atomic E-state index is -3.17. The van der Waals surface area contributed by atoms with Crippen molar-refractivity contribution in [2.45, 2.75) is 37.5 Å². The Balaban J connectivity index is 1.72. The summed E-state index contributed by atoms with van der Waals surface area (Å²) < 4.78 is 28.6. The molecule has 0 atom stereocenters. The molecule has 1 N–H and O–H groups in total. The van der Waals surface area contributed by atoms with Gasteiger partial charge in [-0.05, 0) is 48.9 Å². The van der Waals surface area contributed by atoms with Crippen molar-refractivity contribution in [2.24, 2.45) is 16.8 Å². The van der Waals surface area contributed by atoms with Gasteiger partial charge >= 0.3 is 0 Å². The summed E-state index contributed by atoms with van der Waals surface area (Å²) in [5, 5.41) is 3.33. The van der Waals surface area contributed by atoms with Crippen molar-refractivity contribution in [1.82, 2.24) is 10.2 Å². The number of nitrogens with zero attached hydrogens (tertiary/aromatic N) is 2. The van der Waals surface area contributed by atoms with Gasteiger partial charge in [0.25, 0.3) is 0 Å². The highest BCUT2D eigenvalue weighted by Crippen LogP contribution is 2.28. The van der Waals surface area contributed by atoms with E-state index in [2.05, 4.69) is 29.2 Å². The Morgan fingerprint density at radius 3 is 2.41 bits per heavy atom. The zero-order valence-electron chi connectivity index (χ0n) is 16.9. The number of aliphatic imine (C=N–C) groups is 1. The molecule has 0 bridgehead atoms. The number of ether oxygens (including phenoxy) is 1. The van der Waals surface area contributed by atoms with Crippen LogP contribution in [0.25, 0.3) is 0 Å². The second kappa shape index (κ2) is 9.97. The Labute approximate surface area is 163 Å². The normalized spacial score (nSPS) is 21.0. The minimum absolute atomic E-state index is 0.298. The Morgan fingerprint density at radius 1 is 1.22 bits per heavy atom. The van der Waals surface area contributed by atoms with Crippen LogP contribution in [0.5, 0.6) is 5.75 Å². The third kappa shape index (κ3) is 7.05. The molecule has 0 unspecified atom stereocenters. The monoisotopic (exact) mass is 395 g/mol. The Bertz CT molecular complexity index is 708. The first-order valence-electron chi connectivity index (χ1n) is 9.64. The van der Waals surface area contributed by atoms with Crippen LogP contribution in [0.15, 0.2) is 34.2 Å². The zero-order chi connectivity index (χ0) is 19.9. The first-order chi connectivity index (χ1) is 12.8. The number of guanidine groups is 1. The average molecular weight is 396 g/mol. The van der Waals surface area contributed by atoms with E-state index >= 15 is 0 Å². The van der Waals surface area contributed by atoms with Crippen LogP contribution in [0.2, 0.25) is 0 Å². The van der Waals surface area contributed by atoms with Crippen molar-refractivity contribution in [3.05, 3.63) is 24.3 Å². The van der Waals surface area contributed by atoms with Gasteiger partial charge in [0.05, 0.1) is 11.4 Å². The quantitative estimate of drug-likeness (QED) is 0.437. The molecular formula is C20H33N3O3S. The first kappa shape index (κ1) is 21.5. The predicted molar refractivity (Wildman–Crippen MR) is 110 cm³/mol. The molecule has 0 heterocycles. The fourth-order valence-electron chi connectivity index (χ4n) is 3.48. The number of benzene rings is 1. The molecule has 0 aliphatic heterocycles. The van der Waals surface area contributed by atoms with Crippen molar-refractivity contribution in [2.75, 3.05) is 40.0 Å². The summed E-state index contributed by atoms with van der Waals surface area (Å²) in [6.07, 6.45) is 6.46. The summed E-state index contributed by atoms with van der Waals surface area (Å²) in [5.74, 6) is 3.15. The average Bonchev–Trinajstić information content (AvgIpc) is 2.63. The molecule has 1 fully saturated rings. The number of hydrogen-bond acceptors (Lipinski definition) is 4. The minimum Gasteiger partial charge on any atom is -0.492 e. The summed E-state index contributed by atoms with van der Waals surface area (Å²) in [6.45, 7) is 4.48. The summed E-state index contributed by atoms with van der Waals surface area (Å²) in [6, 6.07) is 6.49. The topological polar surface area (TPSA) is 71.0 Å². The summed E-state index contributed by atoms with van der Waals surface area (Å²) in [7, 11) is 0.706. The molecule has 1 aliphatic carbocycles. The molecule has 1 aromatic carbocycles. The van der Waals surface area contributed by atoms with Gasteiger partial charge in [0.1, 0.15) is 12.4 Å². The maximum Gasteiger partial charge on any atom is 0.193 e. The summed E-state index contributed by atoms with van der Waals surface area (Å²) in [5.41, 5.74) is 0. The lowest BCUT2D eigenvalue weighted by Gasteiger charge is -2.31. The zero-order valence-corrected chi connectivity index (χ0v) is 17.8. The molecule has 6 nitrogen and oxygen atoms in total. The first-order valence-corrected chi connectivity index (χ1v) is 11.5. The highest BCUT2D eigenvalue weighted by molar-refractivity contribution is 7.90. The Hall–Kier alpha value is -1.76. The van der Waals surface area contributed by atoms with Gasteiger partial charge in [-0.3, -0.25) is 4.99 Å². The highest BCUT2D eigenvalue weighted by atomic mass is 32.2. The van der Waals surface area contributed by atoms with Gasteiger partial charge in [0, 0.05) is 26.9 Å². The highest BCUT2D eigenvalue weighted by Gasteiger charge is 2.20. The number of sulfone groups is 1. The molecule has 0 saturated heterocycles. The second-order valence-corrected chi connectivity index (χ2v) is 9.59. The van der Waals surface area contributed by atoms with Crippen LogP contribution in [0.4, 0.5) is 0 Å². The van der Waals surface area contributed by atoms with Crippen molar-refractivity contribution < 1.29 is 13.2 Å². The SMILES string of the molecule is CN=C(NCCOc1ccc(S(C)(=O)=O)cc1)N(C)CC1CCC(C)CC1. The van der Waals surface area contributed by atoms with E-state index in [1.807, 2.05) is 0 Å². The van der Waals surface area contributed by atoms with Gasteiger partial charge in [0.15, 0.2) is 15.8 Å². The fraction of sp³-hybridized carbons (Fsp3) is 0.650. The molecule has 0 spiro atoms. The van der Waals surface area contributed by atoms with E-state index in [1.54, 1.807) is 31.3 Å². The van der Waals surface area contributed by atoms with Crippen LogP contribution >= 0.6 is 0 Å². The summed E-state index contributed by atoms with van der Waals surface area (Å²) >= 11 is 0. The van der Waals surface area contributed by atoms with E-state index in [0.717, 1.165) is 24.3 Å². The predicted octanol–water partition coefficient (Wildman–Crippen LogP) is 2.80. The van der Waals surface area contributed by atoms with Gasteiger partial charge in [-0.1, -0.05) is 19.8 Å². The van der Waals surface area contributed by atoms with E-state index in [0.29, 0.717) is 23.8 Å². The van der Waals surface area contributed by atoms with Gasteiger partial charge in [-0.2, -0.15) is 0 Å². The molecule has 7 heteroatoms. The molecular weight excluding hydrogens is 362 g/mol. The van der Waals surface area contributed by atoms with Crippen LogP contribution in [0.1, 0.15) is 32.6 Å². The van der Waals surface area contributed by atoms with E-state index < -0.39 is 9.84 Å². The van der Waals surface area contributed by atoms with E-state index in [9.17, 15) is 8.42 Å². The lowest BCUT2D eigenvalue weighted by atomic mass is 9.83. The molecule has 0 radical (unpaired) electrons. The fourth-order valence-corrected chi connectivity index (χ4v) is 4.12. The third-order valence-electron chi connectivity index (χ3n) is 5.15. The van der Waals surface area contributed by atoms with Crippen molar-refractivity contribution in [1.29, 1.82) is 0 Å². The van der Waals surface area contributed by atoms with Gasteiger partial charge < -0.3 is 15.0 Å². The van der Waals surface area contributed by atoms with E-state index in [4.69, 9.17) is 4.74 Å². The molecule has 2 rings (SSSR count). The maximum absolute atomic E-state index is 11.5. The number of hydrogen-bond donors (Lipinski definition) is 1. The molecule has 0 aromatic heterocycles. The molecule has 0 amide bonds. The maximum atomic E-state index is 11.5. The largest absolute Gasteiger partial charge is 0.492 e. The third-order valence-corrected chi connectivity index (χ3v) is 6.28. The molecule has 152 valence electrons. The second-order valence-electron chi connectivity index (χ2n) is 7.57. The standard InChI is InChI=1S/C20H33N3O3S/c1-16-5-7-17(8-6-16)15-23(3)20(21-2)22-13-14-26-18-9-11-19(12-10-18)27(4,24)25/h9-12,16-17H,5-8,13-15H2,1-4H3,(H,21,22). The van der Waals surface area contributed by atoms with Gasteiger partial charge in [-0.15, -0.1) is 0 Å². The van der Waals surface area contributed by atoms with Crippen LogP contribution in [0.3, 0.4) is 0 Å². The van der Waals surface area contributed by atoms with Gasteiger partial charge in [0.2, 0.25) is 0 Å². The number of nitrogens with one attached hydrogen (secondary N) is 1. The van der Waals surface area contributed by atoms with Crippen molar-refractivity contribution in [3.8, 4) is 5.75 Å². The van der Waals surface area contributed by atoms with Crippen molar-refractivity contribution in [3.63, 3.8) is 0 Å². The van der Waals surface area contributed by atoms with E-state index in [-0.39, 0.29) is 0 Å². The van der Waals surface area contributed by atoms with Crippen LogP contribution < -0.4 is 10.1 Å². The van der Waals surface area contributed by atoms with Crippen molar-refractivity contribution >= 4 is 15.8 Å². The molecule has 1 aromatic rings. The van der Waals surface area contributed by atoms with Gasteiger partial charge in [-0.25, -0.2) is 8.42 Å². The lowest BCUT2D eigenvalue weighted by molar-refractivity contribution is 0.249. The molecule has 1 aliphatic rings. The molecule has 1 saturated carbocycles. The lowest BCUT2D eigenvalue weighted by Crippen LogP contribution is -2.43. The van der Waals surface area contributed by atoms with Crippen LogP contribution in [0, 0.1) is 11.8 Å². The Kier molecular flexibility index (Phi) is 7.95. The summed E-state index contributed by atoms with van der Waals surface area (Å²) in [4.78, 5) is 6.86. The van der Waals surface area contributed by atoms with Crippen LogP contribution in [-0.4, -0.2) is 59.3 Å².